The Morgan fingerprint density at radius 2 is 2.13 bits per heavy atom. The van der Waals surface area contributed by atoms with Crippen LogP contribution in [0, 0.1) is 5.92 Å². The number of carbonyl (C=O) groups excluding carboxylic acids is 1. The quantitative estimate of drug-likeness (QED) is 0.797. The maximum absolute atomic E-state index is 12.4. The second-order valence-electron chi connectivity index (χ2n) is 6.07. The number of carbonyl (C=O) groups is 1. The van der Waals surface area contributed by atoms with E-state index in [1.807, 2.05) is 6.92 Å². The zero-order valence-corrected chi connectivity index (χ0v) is 14.5. The van der Waals surface area contributed by atoms with Crippen LogP contribution in [-0.4, -0.2) is 39.7 Å². The summed E-state index contributed by atoms with van der Waals surface area (Å²) in [6.07, 6.45) is 3.82. The summed E-state index contributed by atoms with van der Waals surface area (Å²) in [6, 6.07) is 6.46. The Hall–Kier alpha value is -1.40. The fourth-order valence-electron chi connectivity index (χ4n) is 2.96. The average molecular weight is 338 g/mol. The van der Waals surface area contributed by atoms with Gasteiger partial charge in [-0.15, -0.1) is 0 Å². The third kappa shape index (κ3) is 5.04. The minimum Gasteiger partial charge on any atom is -0.352 e. The summed E-state index contributed by atoms with van der Waals surface area (Å²) in [5.41, 5.74) is 0.253. The molecule has 1 aliphatic rings. The molecule has 0 aliphatic carbocycles. The van der Waals surface area contributed by atoms with Gasteiger partial charge in [-0.25, -0.2) is 8.42 Å². The molecule has 6 heteroatoms. The van der Waals surface area contributed by atoms with Crippen LogP contribution in [0.4, 0.5) is 0 Å². The van der Waals surface area contributed by atoms with Gasteiger partial charge in [0.1, 0.15) is 0 Å². The summed E-state index contributed by atoms with van der Waals surface area (Å²) in [6.45, 7) is 4.47. The first-order valence-electron chi connectivity index (χ1n) is 8.35. The lowest BCUT2D eigenvalue weighted by atomic mass is 9.96. The highest BCUT2D eigenvalue weighted by molar-refractivity contribution is 7.91. The molecule has 128 valence electrons. The summed E-state index contributed by atoms with van der Waals surface area (Å²) < 4.78 is 24.6. The second-order valence-corrected chi connectivity index (χ2v) is 8.15. The van der Waals surface area contributed by atoms with E-state index in [1.165, 1.54) is 18.9 Å². The molecule has 0 radical (unpaired) electrons. The first kappa shape index (κ1) is 17.9. The molecular formula is C17H26N2O3S. The molecule has 1 aromatic rings. The summed E-state index contributed by atoms with van der Waals surface area (Å²) in [7, 11) is -3.40. The molecule has 0 saturated carbocycles. The van der Waals surface area contributed by atoms with Gasteiger partial charge in [-0.05, 0) is 56.8 Å². The number of sulfone groups is 1. The number of benzene rings is 1. The molecule has 2 rings (SSSR count). The zero-order valence-electron chi connectivity index (χ0n) is 13.7. The summed E-state index contributed by atoms with van der Waals surface area (Å²) in [5.74, 6) is 0.345. The SMILES string of the molecule is CCCS(=O)(=O)c1ccccc1C(=O)NCCC1CCCNC1. The third-order valence-corrected chi connectivity index (χ3v) is 6.15. The largest absolute Gasteiger partial charge is 0.352 e. The molecule has 0 bridgehead atoms. The summed E-state index contributed by atoms with van der Waals surface area (Å²) in [4.78, 5) is 12.5. The van der Waals surface area contributed by atoms with E-state index in [4.69, 9.17) is 0 Å². The standard InChI is InChI=1S/C17H26N2O3S/c1-2-12-23(21,22)16-8-4-3-7-15(16)17(20)19-11-9-14-6-5-10-18-13-14/h3-4,7-8,14,18H,2,5-6,9-13H2,1H3,(H,19,20). The normalized spacial score (nSPS) is 18.6. The molecular weight excluding hydrogens is 312 g/mol. The topological polar surface area (TPSA) is 75.3 Å². The number of amides is 1. The van der Waals surface area contributed by atoms with E-state index in [2.05, 4.69) is 10.6 Å². The highest BCUT2D eigenvalue weighted by Crippen LogP contribution is 2.18. The molecule has 5 nitrogen and oxygen atoms in total. The number of nitrogens with one attached hydrogen (secondary N) is 2. The van der Waals surface area contributed by atoms with E-state index >= 15 is 0 Å². The molecule has 1 fully saturated rings. The van der Waals surface area contributed by atoms with Crippen molar-refractivity contribution in [3.05, 3.63) is 29.8 Å². The van der Waals surface area contributed by atoms with Crippen molar-refractivity contribution in [2.45, 2.75) is 37.5 Å². The van der Waals surface area contributed by atoms with Crippen LogP contribution in [0.2, 0.25) is 0 Å². The lowest BCUT2D eigenvalue weighted by Gasteiger charge is -2.22. The van der Waals surface area contributed by atoms with Gasteiger partial charge in [0, 0.05) is 6.54 Å². The molecule has 1 saturated heterocycles. The van der Waals surface area contributed by atoms with Gasteiger partial charge in [-0.3, -0.25) is 4.79 Å². The van der Waals surface area contributed by atoms with Gasteiger partial charge >= 0.3 is 0 Å². The Morgan fingerprint density at radius 3 is 2.83 bits per heavy atom. The molecule has 1 amide bonds. The highest BCUT2D eigenvalue weighted by atomic mass is 32.2. The number of rotatable bonds is 7. The fraction of sp³-hybridized carbons (Fsp3) is 0.588. The number of piperidine rings is 1. The number of hydrogen-bond donors (Lipinski definition) is 2. The van der Waals surface area contributed by atoms with Crippen LogP contribution in [-0.2, 0) is 9.84 Å². The van der Waals surface area contributed by atoms with Crippen molar-refractivity contribution in [2.24, 2.45) is 5.92 Å². The zero-order chi connectivity index (χ0) is 16.7. The summed E-state index contributed by atoms with van der Waals surface area (Å²) in [5, 5.41) is 6.23. The van der Waals surface area contributed by atoms with Crippen molar-refractivity contribution >= 4 is 15.7 Å². The van der Waals surface area contributed by atoms with Crippen LogP contribution in [0.5, 0.6) is 0 Å². The van der Waals surface area contributed by atoms with E-state index in [1.54, 1.807) is 18.2 Å². The first-order chi connectivity index (χ1) is 11.0. The van der Waals surface area contributed by atoms with Crippen molar-refractivity contribution in [2.75, 3.05) is 25.4 Å². The summed E-state index contributed by atoms with van der Waals surface area (Å²) >= 11 is 0. The third-order valence-electron chi connectivity index (χ3n) is 4.18. The van der Waals surface area contributed by atoms with E-state index in [0.29, 0.717) is 18.9 Å². The predicted molar refractivity (Wildman–Crippen MR) is 91.3 cm³/mol. The molecule has 1 aromatic carbocycles. The van der Waals surface area contributed by atoms with Crippen molar-refractivity contribution in [3.63, 3.8) is 0 Å². The van der Waals surface area contributed by atoms with E-state index in [0.717, 1.165) is 19.5 Å². The van der Waals surface area contributed by atoms with Gasteiger partial charge in [0.2, 0.25) is 0 Å². The predicted octanol–water partition coefficient (Wildman–Crippen LogP) is 1.99. The Morgan fingerprint density at radius 1 is 1.35 bits per heavy atom. The van der Waals surface area contributed by atoms with E-state index < -0.39 is 9.84 Å². The Kier molecular flexibility index (Phi) is 6.59. The molecule has 0 spiro atoms. The lowest BCUT2D eigenvalue weighted by Crippen LogP contribution is -2.33. The Labute approximate surface area is 138 Å². The minimum atomic E-state index is -3.40. The van der Waals surface area contributed by atoms with Crippen LogP contribution in [0.3, 0.4) is 0 Å². The molecule has 1 aliphatic heterocycles. The Balaban J connectivity index is 1.99. The molecule has 1 unspecified atom stereocenters. The maximum atomic E-state index is 12.4. The second kappa shape index (κ2) is 8.45. The van der Waals surface area contributed by atoms with Gasteiger partial charge in [-0.2, -0.15) is 0 Å². The van der Waals surface area contributed by atoms with Gasteiger partial charge < -0.3 is 10.6 Å². The average Bonchev–Trinajstić information content (AvgIpc) is 2.56. The Bertz CT molecular complexity index is 622. The van der Waals surface area contributed by atoms with Crippen LogP contribution in [0.1, 0.15) is 43.0 Å². The van der Waals surface area contributed by atoms with E-state index in [9.17, 15) is 13.2 Å². The number of hydrogen-bond acceptors (Lipinski definition) is 4. The van der Waals surface area contributed by atoms with Crippen molar-refractivity contribution in [1.29, 1.82) is 0 Å². The molecule has 0 aromatic heterocycles. The van der Waals surface area contributed by atoms with Crippen LogP contribution in [0.15, 0.2) is 29.2 Å². The molecule has 23 heavy (non-hydrogen) atoms. The van der Waals surface area contributed by atoms with Crippen LogP contribution in [0.25, 0.3) is 0 Å². The van der Waals surface area contributed by atoms with Crippen molar-refractivity contribution < 1.29 is 13.2 Å². The van der Waals surface area contributed by atoms with Crippen molar-refractivity contribution in [3.8, 4) is 0 Å². The van der Waals surface area contributed by atoms with Gasteiger partial charge in [-0.1, -0.05) is 19.1 Å². The van der Waals surface area contributed by atoms with Gasteiger partial charge in [0.25, 0.3) is 5.91 Å². The minimum absolute atomic E-state index is 0.0606. The van der Waals surface area contributed by atoms with Gasteiger partial charge in [0.05, 0.1) is 16.2 Å². The van der Waals surface area contributed by atoms with E-state index in [-0.39, 0.29) is 22.1 Å². The first-order valence-corrected chi connectivity index (χ1v) is 10.0. The molecule has 2 N–H and O–H groups in total. The lowest BCUT2D eigenvalue weighted by molar-refractivity contribution is 0.0947. The smallest absolute Gasteiger partial charge is 0.252 e. The van der Waals surface area contributed by atoms with Crippen LogP contribution < -0.4 is 10.6 Å². The maximum Gasteiger partial charge on any atom is 0.252 e. The van der Waals surface area contributed by atoms with Crippen LogP contribution >= 0.6 is 0 Å². The molecule has 1 atom stereocenters. The highest BCUT2D eigenvalue weighted by Gasteiger charge is 2.21. The monoisotopic (exact) mass is 338 g/mol. The molecule has 1 heterocycles. The van der Waals surface area contributed by atoms with Gasteiger partial charge in [0.15, 0.2) is 9.84 Å². The van der Waals surface area contributed by atoms with Crippen molar-refractivity contribution in [1.82, 2.24) is 10.6 Å². The fourth-order valence-corrected chi connectivity index (χ4v) is 4.50.